The third-order valence-electron chi connectivity index (χ3n) is 3.21. The molecular weight excluding hydrogens is 276 g/mol. The van der Waals surface area contributed by atoms with Gasteiger partial charge in [-0.15, -0.1) is 0 Å². The average Bonchev–Trinajstić information content (AvgIpc) is 2.91. The molecule has 0 bridgehead atoms. The fraction of sp³-hybridized carbons (Fsp3) is 0.286. The molecule has 20 heavy (non-hydrogen) atoms. The molecule has 2 unspecified atom stereocenters. The van der Waals surface area contributed by atoms with Gasteiger partial charge >= 0.3 is 0 Å². The van der Waals surface area contributed by atoms with Gasteiger partial charge in [0.15, 0.2) is 0 Å². The second-order valence-electron chi connectivity index (χ2n) is 4.74. The van der Waals surface area contributed by atoms with Gasteiger partial charge in [0.25, 0.3) is 0 Å². The highest BCUT2D eigenvalue weighted by molar-refractivity contribution is 6.33. The van der Waals surface area contributed by atoms with Crippen LogP contribution in [-0.4, -0.2) is 21.5 Å². The van der Waals surface area contributed by atoms with Crippen LogP contribution in [0.1, 0.15) is 13.8 Å². The van der Waals surface area contributed by atoms with Crippen molar-refractivity contribution in [2.45, 2.75) is 19.9 Å². The van der Waals surface area contributed by atoms with Crippen LogP contribution in [0, 0.1) is 5.92 Å². The lowest BCUT2D eigenvalue weighted by atomic mass is 10.0. The van der Waals surface area contributed by atoms with Crippen LogP contribution in [0.15, 0.2) is 36.9 Å². The lowest BCUT2D eigenvalue weighted by molar-refractivity contribution is -0.119. The monoisotopic (exact) mass is 292 g/mol. The Labute approximate surface area is 122 Å². The van der Waals surface area contributed by atoms with Crippen molar-refractivity contribution in [1.82, 2.24) is 9.55 Å². The molecule has 0 fully saturated rings. The lowest BCUT2D eigenvalue weighted by Crippen LogP contribution is -2.34. The molecule has 5 nitrogen and oxygen atoms in total. The molecule has 3 N–H and O–H groups in total. The predicted octanol–water partition coefficient (Wildman–Crippen LogP) is 2.45. The highest BCUT2D eigenvalue weighted by atomic mass is 35.5. The van der Waals surface area contributed by atoms with Crippen molar-refractivity contribution in [3.8, 4) is 5.69 Å². The summed E-state index contributed by atoms with van der Waals surface area (Å²) in [6.45, 7) is 3.60. The minimum atomic E-state index is -0.287. The van der Waals surface area contributed by atoms with Crippen LogP contribution in [0.2, 0.25) is 5.02 Å². The van der Waals surface area contributed by atoms with Gasteiger partial charge in [-0.2, -0.15) is 0 Å². The predicted molar refractivity (Wildman–Crippen MR) is 80.0 cm³/mol. The van der Waals surface area contributed by atoms with E-state index in [0.717, 1.165) is 0 Å². The molecule has 0 spiro atoms. The first-order valence-electron chi connectivity index (χ1n) is 6.34. The van der Waals surface area contributed by atoms with Crippen LogP contribution in [0.3, 0.4) is 0 Å². The zero-order valence-corrected chi connectivity index (χ0v) is 12.1. The summed E-state index contributed by atoms with van der Waals surface area (Å²) in [5.74, 6) is -0.423. The van der Waals surface area contributed by atoms with Crippen molar-refractivity contribution in [3.63, 3.8) is 0 Å². The summed E-state index contributed by atoms with van der Waals surface area (Å²) in [7, 11) is 0. The largest absolute Gasteiger partial charge is 0.327 e. The summed E-state index contributed by atoms with van der Waals surface area (Å²) in [6, 6.07) is 5.13. The number of carbonyl (C=O) groups excluding carboxylic acids is 1. The number of nitrogens with zero attached hydrogens (tertiary/aromatic N) is 2. The van der Waals surface area contributed by atoms with Crippen molar-refractivity contribution in [2.75, 3.05) is 5.32 Å². The minimum absolute atomic E-state index is 0.136. The fourth-order valence-electron chi connectivity index (χ4n) is 1.76. The molecule has 1 amide bonds. The molecule has 2 rings (SSSR count). The highest BCUT2D eigenvalue weighted by Gasteiger charge is 2.19. The fourth-order valence-corrected chi connectivity index (χ4v) is 2.03. The molecule has 0 saturated carbocycles. The molecule has 1 aromatic heterocycles. The Morgan fingerprint density at radius 1 is 1.45 bits per heavy atom. The number of hydrogen-bond donors (Lipinski definition) is 2. The maximum Gasteiger partial charge on any atom is 0.228 e. The Kier molecular flexibility index (Phi) is 4.42. The number of imidazole rings is 1. The van der Waals surface area contributed by atoms with Gasteiger partial charge in [-0.05, 0) is 19.1 Å². The lowest BCUT2D eigenvalue weighted by Gasteiger charge is -2.18. The van der Waals surface area contributed by atoms with Crippen LogP contribution in [0.4, 0.5) is 5.69 Å². The molecule has 0 aliphatic carbocycles. The Morgan fingerprint density at radius 2 is 2.20 bits per heavy atom. The van der Waals surface area contributed by atoms with Gasteiger partial charge in [0.2, 0.25) is 5.91 Å². The Hall–Kier alpha value is -1.85. The van der Waals surface area contributed by atoms with E-state index in [0.29, 0.717) is 16.4 Å². The first-order chi connectivity index (χ1) is 9.50. The standard InChI is InChI=1S/C14H17ClN4O/c1-9(10(2)16)14(20)18-12-5-3-4-11(15)13(12)19-7-6-17-8-19/h3-10H,16H2,1-2H3,(H,18,20). The van der Waals surface area contributed by atoms with Crippen LogP contribution in [0.5, 0.6) is 0 Å². The molecule has 0 radical (unpaired) electrons. The van der Waals surface area contributed by atoms with Crippen molar-refractivity contribution >= 4 is 23.2 Å². The van der Waals surface area contributed by atoms with Gasteiger partial charge in [-0.1, -0.05) is 24.6 Å². The summed E-state index contributed by atoms with van der Waals surface area (Å²) in [6.07, 6.45) is 5.05. The number of amides is 1. The van der Waals surface area contributed by atoms with E-state index in [4.69, 9.17) is 17.3 Å². The number of nitrogens with two attached hydrogens (primary N) is 1. The van der Waals surface area contributed by atoms with Gasteiger partial charge in [0.1, 0.15) is 0 Å². The van der Waals surface area contributed by atoms with E-state index >= 15 is 0 Å². The number of halogens is 1. The number of rotatable bonds is 4. The Balaban J connectivity index is 2.34. The van der Waals surface area contributed by atoms with E-state index in [1.54, 1.807) is 55.3 Å². The van der Waals surface area contributed by atoms with E-state index in [9.17, 15) is 4.79 Å². The maximum atomic E-state index is 12.1. The van der Waals surface area contributed by atoms with Gasteiger partial charge in [0.05, 0.1) is 28.6 Å². The third kappa shape index (κ3) is 3.00. The second-order valence-corrected chi connectivity index (χ2v) is 5.15. The molecule has 1 heterocycles. The second kappa shape index (κ2) is 6.07. The van der Waals surface area contributed by atoms with Crippen molar-refractivity contribution < 1.29 is 4.79 Å². The Morgan fingerprint density at radius 3 is 2.80 bits per heavy atom. The van der Waals surface area contributed by atoms with Crippen molar-refractivity contribution in [1.29, 1.82) is 0 Å². The van der Waals surface area contributed by atoms with Crippen molar-refractivity contribution in [3.05, 3.63) is 41.9 Å². The molecule has 0 saturated heterocycles. The average molecular weight is 293 g/mol. The number of carbonyl (C=O) groups is 1. The smallest absolute Gasteiger partial charge is 0.228 e. The van der Waals surface area contributed by atoms with Gasteiger partial charge in [0, 0.05) is 18.4 Å². The minimum Gasteiger partial charge on any atom is -0.327 e. The number of anilines is 1. The first kappa shape index (κ1) is 14.6. The van der Waals surface area contributed by atoms with Gasteiger partial charge in [-0.3, -0.25) is 4.79 Å². The number of nitrogens with one attached hydrogen (secondary N) is 1. The summed E-state index contributed by atoms with van der Waals surface area (Å²) in [5, 5.41) is 3.41. The van der Waals surface area contributed by atoms with Crippen LogP contribution in [0.25, 0.3) is 5.69 Å². The SMILES string of the molecule is CC(N)C(C)C(=O)Nc1cccc(Cl)c1-n1ccnc1. The van der Waals surface area contributed by atoms with E-state index < -0.39 is 0 Å². The molecule has 0 aliphatic heterocycles. The van der Waals surface area contributed by atoms with E-state index in [1.807, 2.05) is 0 Å². The molecular formula is C14H17ClN4O. The Bertz CT molecular complexity index is 595. The number of aromatic nitrogens is 2. The van der Waals surface area contributed by atoms with Gasteiger partial charge in [-0.25, -0.2) is 4.98 Å². The molecule has 106 valence electrons. The summed E-state index contributed by atoms with van der Waals surface area (Å²) in [5.41, 5.74) is 7.07. The summed E-state index contributed by atoms with van der Waals surface area (Å²) in [4.78, 5) is 16.1. The molecule has 0 aliphatic rings. The number of hydrogen-bond acceptors (Lipinski definition) is 3. The van der Waals surface area contributed by atoms with E-state index in [1.165, 1.54) is 0 Å². The summed E-state index contributed by atoms with van der Waals surface area (Å²) >= 11 is 6.22. The van der Waals surface area contributed by atoms with Crippen LogP contribution in [-0.2, 0) is 4.79 Å². The number of benzene rings is 1. The van der Waals surface area contributed by atoms with Crippen molar-refractivity contribution in [2.24, 2.45) is 11.7 Å². The molecule has 6 heteroatoms. The molecule has 2 aromatic rings. The summed E-state index contributed by atoms with van der Waals surface area (Å²) < 4.78 is 1.76. The normalized spacial score (nSPS) is 13.8. The number of para-hydroxylation sites is 1. The molecule has 2 atom stereocenters. The first-order valence-corrected chi connectivity index (χ1v) is 6.71. The zero-order valence-electron chi connectivity index (χ0n) is 11.4. The maximum absolute atomic E-state index is 12.1. The molecule has 1 aromatic carbocycles. The van der Waals surface area contributed by atoms with E-state index in [-0.39, 0.29) is 17.9 Å². The zero-order chi connectivity index (χ0) is 14.7. The quantitative estimate of drug-likeness (QED) is 0.909. The topological polar surface area (TPSA) is 72.9 Å². The van der Waals surface area contributed by atoms with Crippen LogP contribution >= 0.6 is 11.6 Å². The highest BCUT2D eigenvalue weighted by Crippen LogP contribution is 2.28. The van der Waals surface area contributed by atoms with E-state index in [2.05, 4.69) is 10.3 Å². The van der Waals surface area contributed by atoms with Gasteiger partial charge < -0.3 is 15.6 Å². The van der Waals surface area contributed by atoms with Crippen LogP contribution < -0.4 is 11.1 Å². The third-order valence-corrected chi connectivity index (χ3v) is 3.51.